The summed E-state index contributed by atoms with van der Waals surface area (Å²) in [5, 5.41) is 9.66. The van der Waals surface area contributed by atoms with Crippen LogP contribution in [-0.4, -0.2) is 5.11 Å². The van der Waals surface area contributed by atoms with Crippen molar-refractivity contribution in [2.24, 2.45) is 11.1 Å². The van der Waals surface area contributed by atoms with E-state index in [0.717, 1.165) is 12.7 Å². The van der Waals surface area contributed by atoms with Gasteiger partial charge >= 0.3 is 0 Å². The van der Waals surface area contributed by atoms with Crippen LogP contribution in [0, 0.1) is 12.6 Å². The first-order chi connectivity index (χ1) is 6.73. The fraction of sp³-hybridized carbons (Fsp3) is 0.455. The molecule has 0 aromatic heterocycles. The summed E-state index contributed by atoms with van der Waals surface area (Å²) in [6.07, 6.45) is 0. The van der Waals surface area contributed by atoms with E-state index in [1.807, 2.05) is 12.1 Å². The summed E-state index contributed by atoms with van der Waals surface area (Å²) < 4.78 is 1.71. The fourth-order valence-corrected chi connectivity index (χ4v) is 3.08. The van der Waals surface area contributed by atoms with Gasteiger partial charge in [-0.2, -0.15) is 0 Å². The van der Waals surface area contributed by atoms with E-state index in [-0.39, 0.29) is 11.5 Å². The summed E-state index contributed by atoms with van der Waals surface area (Å²) >= 11 is 4.25. The van der Waals surface area contributed by atoms with Crippen molar-refractivity contribution >= 4 is 45.2 Å². The summed E-state index contributed by atoms with van der Waals surface area (Å²) in [7, 11) is 0. The van der Waals surface area contributed by atoms with E-state index < -0.39 is 0 Å². The molecule has 0 aliphatic carbocycles. The van der Waals surface area contributed by atoms with Crippen LogP contribution >= 0.6 is 45.2 Å². The number of phenolic OH excluding ortho intramolecular Hbond substituents is 1. The molecule has 0 radical (unpaired) electrons. The topological polar surface area (TPSA) is 46.2 Å². The van der Waals surface area contributed by atoms with Crippen LogP contribution in [0.25, 0.3) is 0 Å². The Hall–Kier alpha value is 0.440. The molecule has 0 bridgehead atoms. The Bertz CT molecular complexity index is 348. The number of rotatable bonds is 1. The van der Waals surface area contributed by atoms with Crippen molar-refractivity contribution < 1.29 is 5.11 Å². The van der Waals surface area contributed by atoms with Crippen LogP contribution in [0.3, 0.4) is 0 Å². The van der Waals surface area contributed by atoms with Gasteiger partial charge in [0, 0.05) is 6.04 Å². The van der Waals surface area contributed by atoms with Gasteiger partial charge < -0.3 is 10.8 Å². The first kappa shape index (κ1) is 13.5. The van der Waals surface area contributed by atoms with E-state index >= 15 is 0 Å². The maximum absolute atomic E-state index is 9.66. The Kier molecular flexibility index (Phi) is 4.27. The van der Waals surface area contributed by atoms with Crippen LogP contribution < -0.4 is 5.73 Å². The van der Waals surface area contributed by atoms with Gasteiger partial charge in [0.2, 0.25) is 0 Å². The summed E-state index contributed by atoms with van der Waals surface area (Å²) in [6.45, 7) is 6.35. The predicted molar refractivity (Wildman–Crippen MR) is 79.9 cm³/mol. The molecule has 1 atom stereocenters. The lowest BCUT2D eigenvalue weighted by Gasteiger charge is -2.27. The van der Waals surface area contributed by atoms with Gasteiger partial charge in [0.05, 0.1) is 7.14 Å². The van der Waals surface area contributed by atoms with Crippen molar-refractivity contribution in [2.45, 2.75) is 26.8 Å². The van der Waals surface area contributed by atoms with Crippen LogP contribution in [-0.2, 0) is 0 Å². The highest BCUT2D eigenvalue weighted by Crippen LogP contribution is 2.35. The van der Waals surface area contributed by atoms with E-state index in [0.29, 0.717) is 5.75 Å². The molecule has 3 N–H and O–H groups in total. The Morgan fingerprint density at radius 1 is 1.20 bits per heavy atom. The maximum Gasteiger partial charge on any atom is 0.142 e. The third-order valence-electron chi connectivity index (χ3n) is 2.33. The first-order valence-electron chi connectivity index (χ1n) is 4.67. The third kappa shape index (κ3) is 3.20. The number of phenols is 1. The van der Waals surface area contributed by atoms with Gasteiger partial charge in [-0.05, 0) is 68.3 Å². The van der Waals surface area contributed by atoms with E-state index in [1.165, 1.54) is 0 Å². The molecule has 0 saturated heterocycles. The highest BCUT2D eigenvalue weighted by Gasteiger charge is 2.23. The monoisotopic (exact) mass is 431 g/mol. The van der Waals surface area contributed by atoms with Gasteiger partial charge in [-0.3, -0.25) is 0 Å². The second-order valence-electron chi connectivity index (χ2n) is 4.68. The van der Waals surface area contributed by atoms with Crippen molar-refractivity contribution in [2.75, 3.05) is 0 Å². The van der Waals surface area contributed by atoms with Crippen molar-refractivity contribution in [3.63, 3.8) is 0 Å². The van der Waals surface area contributed by atoms with Crippen LogP contribution in [0.15, 0.2) is 12.1 Å². The molecule has 15 heavy (non-hydrogen) atoms. The van der Waals surface area contributed by atoms with Crippen LogP contribution in [0.5, 0.6) is 5.75 Å². The minimum atomic E-state index is -0.0138. The average Bonchev–Trinajstić information content (AvgIpc) is 2.10. The lowest BCUT2D eigenvalue weighted by atomic mass is 9.83. The van der Waals surface area contributed by atoms with Crippen LogP contribution in [0.1, 0.15) is 32.4 Å². The summed E-state index contributed by atoms with van der Waals surface area (Å²) in [5.74, 6) is 0.348. The van der Waals surface area contributed by atoms with Gasteiger partial charge in [0.15, 0.2) is 0 Å². The summed E-state index contributed by atoms with van der Waals surface area (Å²) in [6, 6.07) is 3.89. The molecule has 1 aromatic rings. The van der Waals surface area contributed by atoms with Gasteiger partial charge in [-0.25, -0.2) is 0 Å². The molecule has 1 aromatic carbocycles. The van der Waals surface area contributed by atoms with E-state index in [4.69, 9.17) is 5.73 Å². The zero-order valence-electron chi connectivity index (χ0n) is 9.01. The number of halogens is 2. The first-order valence-corrected chi connectivity index (χ1v) is 6.82. The Morgan fingerprint density at radius 2 is 1.60 bits per heavy atom. The Morgan fingerprint density at radius 3 is 1.93 bits per heavy atom. The smallest absolute Gasteiger partial charge is 0.142 e. The fourth-order valence-electron chi connectivity index (χ4n) is 1.26. The lowest BCUT2D eigenvalue weighted by molar-refractivity contribution is 0.326. The highest BCUT2D eigenvalue weighted by molar-refractivity contribution is 14.1. The van der Waals surface area contributed by atoms with E-state index in [9.17, 15) is 5.11 Å². The molecule has 0 heterocycles. The minimum absolute atomic E-state index is 0.0138. The molecule has 0 saturated carbocycles. The van der Waals surface area contributed by atoms with Crippen molar-refractivity contribution in [1.82, 2.24) is 0 Å². The average molecular weight is 431 g/mol. The van der Waals surface area contributed by atoms with Gasteiger partial charge in [0.1, 0.15) is 5.75 Å². The van der Waals surface area contributed by atoms with Crippen molar-refractivity contribution in [3.05, 3.63) is 24.8 Å². The van der Waals surface area contributed by atoms with Gasteiger partial charge in [-0.15, -0.1) is 0 Å². The largest absolute Gasteiger partial charge is 0.506 e. The summed E-state index contributed by atoms with van der Waals surface area (Å²) in [5.41, 5.74) is 7.28. The van der Waals surface area contributed by atoms with Crippen molar-refractivity contribution in [3.8, 4) is 5.75 Å². The van der Waals surface area contributed by atoms with Gasteiger partial charge in [-0.1, -0.05) is 20.8 Å². The highest BCUT2D eigenvalue weighted by atomic mass is 127. The number of aromatic hydroxyl groups is 1. The molecule has 0 fully saturated rings. The second-order valence-corrected chi connectivity index (χ2v) is 7.00. The molecule has 0 amide bonds. The Labute approximate surface area is 118 Å². The minimum Gasteiger partial charge on any atom is -0.506 e. The molecule has 0 aliphatic rings. The molecular formula is C11H15I2NO. The maximum atomic E-state index is 9.66. The molecule has 0 aliphatic heterocycles. The number of hydrogen-bond donors (Lipinski definition) is 2. The molecule has 4 heteroatoms. The Balaban J connectivity index is 3.17. The number of benzene rings is 1. The second kappa shape index (κ2) is 4.75. The van der Waals surface area contributed by atoms with Crippen LogP contribution in [0.4, 0.5) is 0 Å². The zero-order valence-corrected chi connectivity index (χ0v) is 13.3. The summed E-state index contributed by atoms with van der Waals surface area (Å²) in [4.78, 5) is 0. The van der Waals surface area contributed by atoms with E-state index in [2.05, 4.69) is 66.0 Å². The predicted octanol–water partition coefficient (Wildman–Crippen LogP) is 3.65. The molecule has 1 rings (SSSR count). The van der Waals surface area contributed by atoms with E-state index in [1.54, 1.807) is 0 Å². The molecule has 2 nitrogen and oxygen atoms in total. The standard InChI is InChI=1S/C11H15I2NO/c1-11(2,3)10(14)6-4-7(12)9(15)8(13)5-6/h4-5,10,15H,14H2,1-3H3/t10-/m1/s1. The number of hydrogen-bond acceptors (Lipinski definition) is 2. The van der Waals surface area contributed by atoms with Crippen LogP contribution in [0.2, 0.25) is 0 Å². The quantitative estimate of drug-likeness (QED) is 0.668. The van der Waals surface area contributed by atoms with Crippen molar-refractivity contribution in [1.29, 1.82) is 0 Å². The number of nitrogens with two attached hydrogens (primary N) is 1. The molecular weight excluding hydrogens is 416 g/mol. The lowest BCUT2D eigenvalue weighted by Crippen LogP contribution is -2.26. The third-order valence-corrected chi connectivity index (χ3v) is 3.98. The normalized spacial score (nSPS) is 14.0. The zero-order chi connectivity index (χ0) is 11.8. The van der Waals surface area contributed by atoms with Gasteiger partial charge in [0.25, 0.3) is 0 Å². The molecule has 0 spiro atoms. The molecule has 84 valence electrons. The molecule has 0 unspecified atom stereocenters. The SMILES string of the molecule is CC(C)(C)[C@H](N)c1cc(I)c(O)c(I)c1.